The molecule has 5 rings (SSSR count). The van der Waals surface area contributed by atoms with E-state index in [2.05, 4.69) is 20.0 Å². The van der Waals surface area contributed by atoms with Gasteiger partial charge in [-0.15, -0.1) is 11.6 Å². The molecular weight excluding hydrogens is 532 g/mol. The summed E-state index contributed by atoms with van der Waals surface area (Å²) in [7, 11) is -1.23. The molecule has 4 N–H and O–H groups in total. The van der Waals surface area contributed by atoms with Gasteiger partial charge in [-0.05, 0) is 33.6 Å². The third kappa shape index (κ3) is 4.18. The Balaban J connectivity index is 1.35. The molecular formula is C21H30ClFN7O6P. The van der Waals surface area contributed by atoms with Crippen molar-refractivity contribution in [3.05, 3.63) is 6.33 Å². The van der Waals surface area contributed by atoms with Crippen LogP contribution in [0.2, 0.25) is 0 Å². The zero-order valence-electron chi connectivity index (χ0n) is 20.7. The number of aromatic nitrogens is 4. The lowest BCUT2D eigenvalue weighted by molar-refractivity contribution is -0.149. The number of ether oxygens (including phenoxy) is 2. The highest BCUT2D eigenvalue weighted by Gasteiger charge is 2.89. The maximum atomic E-state index is 15.8. The highest BCUT2D eigenvalue weighted by atomic mass is 35.5. The van der Waals surface area contributed by atoms with Crippen LogP contribution in [-0.4, -0.2) is 85.2 Å². The van der Waals surface area contributed by atoms with Crippen LogP contribution in [0.4, 0.5) is 16.2 Å². The molecule has 0 radical (unpaired) electrons. The van der Waals surface area contributed by atoms with Crippen molar-refractivity contribution in [1.29, 1.82) is 0 Å². The van der Waals surface area contributed by atoms with Crippen molar-refractivity contribution in [2.24, 2.45) is 0 Å². The first-order valence-corrected chi connectivity index (χ1v) is 13.8. The largest absolute Gasteiger partial charge is 0.462 e. The average molecular weight is 562 g/mol. The summed E-state index contributed by atoms with van der Waals surface area (Å²) in [6, 6.07) is -0.633. The van der Waals surface area contributed by atoms with Crippen LogP contribution in [0.15, 0.2) is 6.33 Å². The molecule has 3 aliphatic rings. The maximum absolute atomic E-state index is 15.8. The molecule has 37 heavy (non-hydrogen) atoms. The van der Waals surface area contributed by atoms with Crippen LogP contribution in [0.5, 0.6) is 0 Å². The molecule has 3 heterocycles. The van der Waals surface area contributed by atoms with Gasteiger partial charge in [-0.25, -0.2) is 14.5 Å². The van der Waals surface area contributed by atoms with Gasteiger partial charge < -0.3 is 29.7 Å². The number of alkyl halides is 2. The average Bonchev–Trinajstić information content (AvgIpc) is 3.69. The van der Waals surface area contributed by atoms with E-state index < -0.39 is 49.9 Å². The van der Waals surface area contributed by atoms with Crippen LogP contribution < -0.4 is 15.7 Å². The van der Waals surface area contributed by atoms with Gasteiger partial charge in [0, 0.05) is 13.1 Å². The van der Waals surface area contributed by atoms with E-state index in [1.807, 2.05) is 11.9 Å². The van der Waals surface area contributed by atoms with Crippen molar-refractivity contribution in [1.82, 2.24) is 24.6 Å². The van der Waals surface area contributed by atoms with Gasteiger partial charge in [0.1, 0.15) is 17.7 Å². The molecule has 1 aliphatic heterocycles. The second kappa shape index (κ2) is 9.28. The van der Waals surface area contributed by atoms with Crippen LogP contribution in [0.1, 0.15) is 39.8 Å². The lowest BCUT2D eigenvalue weighted by Crippen LogP contribution is -2.35. The predicted molar refractivity (Wildman–Crippen MR) is 132 cm³/mol. The smallest absolute Gasteiger partial charge is 0.323 e. The van der Waals surface area contributed by atoms with Gasteiger partial charge in [-0.1, -0.05) is 0 Å². The van der Waals surface area contributed by atoms with E-state index in [1.54, 1.807) is 13.8 Å². The summed E-state index contributed by atoms with van der Waals surface area (Å²) in [6.07, 6.45) is -1.69. The predicted octanol–water partition coefficient (Wildman–Crippen LogP) is 1.30. The van der Waals surface area contributed by atoms with E-state index >= 15 is 4.39 Å². The van der Waals surface area contributed by atoms with Crippen molar-refractivity contribution in [3.63, 3.8) is 0 Å². The number of nitrogens with one attached hydrogen (secondary N) is 1. The fourth-order valence-electron chi connectivity index (χ4n) is 4.79. The summed E-state index contributed by atoms with van der Waals surface area (Å²) in [6.45, 7) is 4.81. The monoisotopic (exact) mass is 561 g/mol. The Morgan fingerprint density at radius 2 is 2.16 bits per heavy atom. The molecule has 13 nitrogen and oxygen atoms in total. The number of carbonyl (C=O) groups excluding carboxylic acids is 1. The molecule has 7 atom stereocenters. The first-order chi connectivity index (χ1) is 17.4. The minimum absolute atomic E-state index is 0.0166. The maximum Gasteiger partial charge on any atom is 0.323 e. The molecule has 204 valence electrons. The highest BCUT2D eigenvalue weighted by Crippen LogP contribution is 2.67. The van der Waals surface area contributed by atoms with Gasteiger partial charge in [0.2, 0.25) is 5.95 Å². The van der Waals surface area contributed by atoms with Crippen molar-refractivity contribution in [2.45, 2.75) is 81.5 Å². The minimum atomic E-state index is -3.11. The Labute approximate surface area is 217 Å². The first-order valence-electron chi connectivity index (χ1n) is 11.9. The molecule has 0 spiro atoms. The van der Waals surface area contributed by atoms with Crippen LogP contribution >= 0.6 is 19.8 Å². The number of imidazole rings is 1. The van der Waals surface area contributed by atoms with Gasteiger partial charge in [0.05, 0.1) is 18.3 Å². The summed E-state index contributed by atoms with van der Waals surface area (Å²) in [5.41, 5.74) is 2.72. The van der Waals surface area contributed by atoms with Gasteiger partial charge in [0.15, 0.2) is 35.0 Å². The number of nitrogens with two attached hydrogens (primary N) is 1. The normalized spacial score (nSPS) is 32.4. The number of nitrogens with zero attached hydrogens (tertiary/aromatic N) is 5. The number of fused-ring (bicyclic) bond motifs is 2. The Morgan fingerprint density at radius 3 is 2.76 bits per heavy atom. The lowest BCUT2D eigenvalue weighted by Gasteiger charge is -2.24. The topological polar surface area (TPSA) is 167 Å². The Hall–Kier alpha value is -2.09. The fraction of sp³-hybridized carbons (Fsp3) is 0.714. The number of hydrogen-bond donors (Lipinski definition) is 3. The van der Waals surface area contributed by atoms with Crippen LogP contribution in [0, 0.1) is 0 Å². The number of aliphatic hydroxyl groups is 1. The van der Waals surface area contributed by atoms with Crippen molar-refractivity contribution < 1.29 is 32.9 Å². The number of anilines is 2. The molecule has 0 aromatic carbocycles. The summed E-state index contributed by atoms with van der Waals surface area (Å²) in [4.78, 5) is 26.8. The molecule has 2 unspecified atom stereocenters. The Bertz CT molecular complexity index is 1250. The van der Waals surface area contributed by atoms with E-state index in [-0.39, 0.29) is 23.6 Å². The minimum Gasteiger partial charge on any atom is -0.462 e. The third-order valence-corrected chi connectivity index (χ3v) is 8.52. The number of nitrogen functional groups attached to an aromatic ring is 1. The molecule has 2 aromatic heterocycles. The van der Waals surface area contributed by atoms with E-state index in [1.165, 1.54) is 17.8 Å². The number of hydrogen-bond acceptors (Lipinski definition) is 11. The van der Waals surface area contributed by atoms with Crippen molar-refractivity contribution in [2.75, 3.05) is 23.6 Å². The van der Waals surface area contributed by atoms with Crippen LogP contribution in [-0.2, 0) is 23.4 Å². The van der Waals surface area contributed by atoms with Gasteiger partial charge in [-0.2, -0.15) is 9.97 Å². The molecule has 0 amide bonds. The second-order valence-corrected chi connectivity index (χ2v) is 11.3. The van der Waals surface area contributed by atoms with Crippen molar-refractivity contribution in [3.8, 4) is 0 Å². The summed E-state index contributed by atoms with van der Waals surface area (Å²) >= 11 is 6.12. The fourth-order valence-corrected chi connectivity index (χ4v) is 6.33. The van der Waals surface area contributed by atoms with Crippen LogP contribution in [0.25, 0.3) is 11.2 Å². The number of carbonyl (C=O) groups is 1. The summed E-state index contributed by atoms with van der Waals surface area (Å²) < 4.78 is 46.2. The Morgan fingerprint density at radius 1 is 1.46 bits per heavy atom. The van der Waals surface area contributed by atoms with Gasteiger partial charge >= 0.3 is 5.97 Å². The number of halogens is 2. The second-order valence-electron chi connectivity index (χ2n) is 9.97. The molecule has 1 saturated heterocycles. The molecule has 16 heteroatoms. The number of rotatable bonds is 10. The Kier molecular flexibility index (Phi) is 6.65. The molecule has 3 fully saturated rings. The molecule has 2 aliphatic carbocycles. The zero-order valence-corrected chi connectivity index (χ0v) is 22.5. The van der Waals surface area contributed by atoms with Crippen LogP contribution in [0.3, 0.4) is 0 Å². The standard InChI is InChI=1S/C21H30ClFN7O6P/c1-9(2)34-17(31)10(3)28-37(33)36-18-20(7-22)21(18,32)13(23)16(35-20)30-8-25-12-14(29(4)11-5-6-11)26-19(24)27-15(12)30/h8-11,13,16,18,32,37H,5-7H2,1-4H3,(H,28,33)(H2,24,26,27)/t10-,13-,16+,18?,20+,21+/m0/s1. The lowest BCUT2D eigenvalue weighted by atomic mass is 10.1. The molecule has 0 bridgehead atoms. The third-order valence-electron chi connectivity index (χ3n) is 7.01. The van der Waals surface area contributed by atoms with E-state index in [0.717, 1.165) is 12.8 Å². The van der Waals surface area contributed by atoms with Gasteiger partial charge in [-0.3, -0.25) is 13.9 Å². The first kappa shape index (κ1) is 26.5. The highest BCUT2D eigenvalue weighted by molar-refractivity contribution is 7.36. The van der Waals surface area contributed by atoms with Crippen molar-refractivity contribution >= 4 is 48.7 Å². The quantitative estimate of drug-likeness (QED) is 0.216. The van der Waals surface area contributed by atoms with E-state index in [4.69, 9.17) is 31.3 Å². The number of esters is 1. The molecule has 2 saturated carbocycles. The van der Waals surface area contributed by atoms with E-state index in [0.29, 0.717) is 17.4 Å². The molecule has 2 aromatic rings. The SMILES string of the molecule is CC(C)OC(=O)[C@H](C)N[PH](=O)OC1[C@@]2(CCl)O[C@@H](n3cnc4c(N(C)C5CC5)nc(N)nc43)[C@H](F)[C@@]12O. The summed E-state index contributed by atoms with van der Waals surface area (Å²) in [5, 5.41) is 13.7. The van der Waals surface area contributed by atoms with Gasteiger partial charge in [0.25, 0.3) is 8.18 Å². The zero-order chi connectivity index (χ0) is 26.9. The van der Waals surface area contributed by atoms with E-state index in [9.17, 15) is 14.5 Å². The summed E-state index contributed by atoms with van der Waals surface area (Å²) in [5.74, 6) is -0.468.